The molecule has 0 aromatic carbocycles. The Labute approximate surface area is 85.4 Å². The fraction of sp³-hybridized carbons (Fsp3) is 1.00. The van der Waals surface area contributed by atoms with E-state index in [9.17, 15) is 48.3 Å². The van der Waals surface area contributed by atoms with Crippen molar-refractivity contribution in [1.29, 1.82) is 0 Å². The van der Waals surface area contributed by atoms with Crippen LogP contribution >= 0.6 is 0 Å². The van der Waals surface area contributed by atoms with Gasteiger partial charge in [-0.2, -0.15) is 35.1 Å². The molecule has 0 aromatic rings. The van der Waals surface area contributed by atoms with Crippen LogP contribution in [0, 0.1) is 0 Å². The zero-order valence-electron chi connectivity index (χ0n) is 7.23. The minimum atomic E-state index is -6.94. The van der Waals surface area contributed by atoms with Crippen LogP contribution in [-0.4, -0.2) is 35.8 Å². The second-order valence-electron chi connectivity index (χ2n) is 3.31. The summed E-state index contributed by atoms with van der Waals surface area (Å²) in [4.78, 5) is 0. The zero-order chi connectivity index (χ0) is 14.1. The van der Waals surface area contributed by atoms with Crippen LogP contribution in [0.3, 0.4) is 0 Å². The SMILES string of the molecule is FC(F)C1(F)C(F)(F)C(F)(F)C(F)(F)C1(F)F. The van der Waals surface area contributed by atoms with Crippen LogP contribution < -0.4 is 0 Å². The molecule has 17 heavy (non-hydrogen) atoms. The van der Waals surface area contributed by atoms with Crippen LogP contribution in [0.2, 0.25) is 0 Å². The van der Waals surface area contributed by atoms with Gasteiger partial charge in [0.15, 0.2) is 0 Å². The predicted molar refractivity (Wildman–Crippen MR) is 29.6 cm³/mol. The second kappa shape index (κ2) is 2.97. The second-order valence-corrected chi connectivity index (χ2v) is 3.31. The maximum absolute atomic E-state index is 12.8. The third-order valence-electron chi connectivity index (χ3n) is 2.40. The molecule has 1 fully saturated rings. The van der Waals surface area contributed by atoms with Crippen LogP contribution in [0.4, 0.5) is 48.3 Å². The Morgan fingerprint density at radius 1 is 0.471 bits per heavy atom. The van der Waals surface area contributed by atoms with E-state index in [0.717, 1.165) is 0 Å². The van der Waals surface area contributed by atoms with Crippen molar-refractivity contribution < 1.29 is 48.3 Å². The summed E-state index contributed by atoms with van der Waals surface area (Å²) < 4.78 is 135. The summed E-state index contributed by atoms with van der Waals surface area (Å²) in [5, 5.41) is 0. The smallest absolute Gasteiger partial charge is 0.223 e. The molecule has 0 bridgehead atoms. The third-order valence-corrected chi connectivity index (χ3v) is 2.40. The average molecular weight is 282 g/mol. The highest BCUT2D eigenvalue weighted by Gasteiger charge is 3.02. The summed E-state index contributed by atoms with van der Waals surface area (Å²) in [5.74, 6) is -27.7. The lowest BCUT2D eigenvalue weighted by atomic mass is 9.98. The number of hydrogen-bond donors (Lipinski definition) is 0. The topological polar surface area (TPSA) is 0 Å². The monoisotopic (exact) mass is 282 g/mol. The molecular formula is C6HF11. The molecule has 0 atom stereocenters. The largest absolute Gasteiger partial charge is 0.382 e. The highest BCUT2D eigenvalue weighted by atomic mass is 19.4. The van der Waals surface area contributed by atoms with Gasteiger partial charge in [0, 0.05) is 0 Å². The molecule has 1 aliphatic rings. The van der Waals surface area contributed by atoms with Gasteiger partial charge >= 0.3 is 29.4 Å². The van der Waals surface area contributed by atoms with Gasteiger partial charge in [0.1, 0.15) is 0 Å². The van der Waals surface area contributed by atoms with E-state index in [1.807, 2.05) is 0 Å². The van der Waals surface area contributed by atoms with E-state index < -0.39 is 35.8 Å². The van der Waals surface area contributed by atoms with Crippen LogP contribution in [0.1, 0.15) is 0 Å². The van der Waals surface area contributed by atoms with E-state index in [2.05, 4.69) is 0 Å². The summed E-state index contributed by atoms with van der Waals surface area (Å²) in [6, 6.07) is 0. The van der Waals surface area contributed by atoms with Crippen LogP contribution in [0.5, 0.6) is 0 Å². The zero-order valence-corrected chi connectivity index (χ0v) is 7.23. The Hall–Kier alpha value is -0.770. The van der Waals surface area contributed by atoms with E-state index in [-0.39, 0.29) is 0 Å². The maximum Gasteiger partial charge on any atom is 0.382 e. The summed E-state index contributed by atoms with van der Waals surface area (Å²) in [5.41, 5.74) is -6.65. The summed E-state index contributed by atoms with van der Waals surface area (Å²) in [6.45, 7) is 0. The van der Waals surface area contributed by atoms with Crippen molar-refractivity contribution in [3.8, 4) is 0 Å². The molecule has 0 unspecified atom stereocenters. The molecule has 11 heteroatoms. The molecule has 0 saturated heterocycles. The number of halogens is 11. The lowest BCUT2D eigenvalue weighted by Gasteiger charge is -2.29. The van der Waals surface area contributed by atoms with Crippen molar-refractivity contribution in [3.05, 3.63) is 0 Å². The number of alkyl halides is 11. The molecule has 0 spiro atoms. The first kappa shape index (κ1) is 14.3. The molecule has 0 nitrogen and oxygen atoms in total. The summed E-state index contributed by atoms with van der Waals surface area (Å²) in [7, 11) is 0. The van der Waals surface area contributed by atoms with Crippen molar-refractivity contribution >= 4 is 0 Å². The Balaban J connectivity index is 3.65. The van der Waals surface area contributed by atoms with Gasteiger partial charge in [-0.3, -0.25) is 0 Å². The normalized spacial score (nSPS) is 31.8. The average Bonchev–Trinajstić information content (AvgIpc) is 2.17. The van der Waals surface area contributed by atoms with E-state index in [0.29, 0.717) is 0 Å². The van der Waals surface area contributed by atoms with Crippen LogP contribution in [0.25, 0.3) is 0 Å². The quantitative estimate of drug-likeness (QED) is 0.645. The minimum absolute atomic E-state index is 5.42. The highest BCUT2D eigenvalue weighted by molar-refractivity contribution is 5.27. The Morgan fingerprint density at radius 2 is 0.706 bits per heavy atom. The maximum atomic E-state index is 12.8. The van der Waals surface area contributed by atoms with E-state index >= 15 is 0 Å². The standard InChI is InChI=1S/C6HF11/c7-1(8)2(9)3(10,11)5(14,15)6(16,17)4(2,12)13/h1H. The van der Waals surface area contributed by atoms with Gasteiger partial charge in [0.2, 0.25) is 0 Å². The van der Waals surface area contributed by atoms with E-state index in [1.165, 1.54) is 0 Å². The number of rotatable bonds is 1. The van der Waals surface area contributed by atoms with Gasteiger partial charge < -0.3 is 0 Å². The molecule has 0 aromatic heterocycles. The molecule has 0 aliphatic heterocycles. The van der Waals surface area contributed by atoms with Crippen molar-refractivity contribution in [2.75, 3.05) is 0 Å². The fourth-order valence-electron chi connectivity index (χ4n) is 1.32. The van der Waals surface area contributed by atoms with Gasteiger partial charge in [-0.05, 0) is 0 Å². The Bertz CT molecular complexity index is 303. The fourth-order valence-corrected chi connectivity index (χ4v) is 1.32. The van der Waals surface area contributed by atoms with Gasteiger partial charge in [-0.1, -0.05) is 0 Å². The van der Waals surface area contributed by atoms with Crippen LogP contribution in [-0.2, 0) is 0 Å². The van der Waals surface area contributed by atoms with Crippen LogP contribution in [0.15, 0.2) is 0 Å². The molecular weight excluding hydrogens is 281 g/mol. The number of hydrogen-bond acceptors (Lipinski definition) is 0. The van der Waals surface area contributed by atoms with Gasteiger partial charge in [-0.25, -0.2) is 13.2 Å². The first-order chi connectivity index (χ1) is 7.19. The summed E-state index contributed by atoms with van der Waals surface area (Å²) >= 11 is 0. The molecule has 102 valence electrons. The third kappa shape index (κ3) is 1.06. The van der Waals surface area contributed by atoms with Gasteiger partial charge in [-0.15, -0.1) is 0 Å². The lowest BCUT2D eigenvalue weighted by molar-refractivity contribution is -0.303. The molecule has 1 rings (SSSR count). The van der Waals surface area contributed by atoms with E-state index in [1.54, 1.807) is 0 Å². The summed E-state index contributed by atoms with van der Waals surface area (Å²) in [6.07, 6.45) is -5.42. The van der Waals surface area contributed by atoms with Crippen molar-refractivity contribution in [1.82, 2.24) is 0 Å². The van der Waals surface area contributed by atoms with Crippen molar-refractivity contribution in [3.63, 3.8) is 0 Å². The van der Waals surface area contributed by atoms with E-state index in [4.69, 9.17) is 0 Å². The Kier molecular flexibility index (Phi) is 2.50. The molecule has 0 radical (unpaired) electrons. The molecule has 0 N–H and O–H groups in total. The molecule has 1 aliphatic carbocycles. The predicted octanol–water partition coefficient (Wildman–Crippen LogP) is 3.51. The first-order valence-electron chi connectivity index (χ1n) is 3.68. The Morgan fingerprint density at radius 3 is 0.824 bits per heavy atom. The highest BCUT2D eigenvalue weighted by Crippen LogP contribution is 2.70. The molecule has 0 amide bonds. The van der Waals surface area contributed by atoms with Gasteiger partial charge in [0.05, 0.1) is 0 Å². The molecule has 1 saturated carbocycles. The molecule has 0 heterocycles. The van der Waals surface area contributed by atoms with Crippen molar-refractivity contribution in [2.45, 2.75) is 35.8 Å². The lowest BCUT2D eigenvalue weighted by Crippen LogP contribution is -2.59. The minimum Gasteiger partial charge on any atom is -0.223 e. The van der Waals surface area contributed by atoms with Crippen molar-refractivity contribution in [2.24, 2.45) is 0 Å². The first-order valence-corrected chi connectivity index (χ1v) is 3.68. The van der Waals surface area contributed by atoms with Gasteiger partial charge in [0.25, 0.3) is 6.43 Å².